The molecule has 1 aromatic rings. The van der Waals surface area contributed by atoms with E-state index in [2.05, 4.69) is 22.3 Å². The van der Waals surface area contributed by atoms with Crippen LogP contribution < -0.4 is 10.1 Å². The maximum absolute atomic E-state index is 13.3. The molecule has 1 aliphatic rings. The number of nitrogens with one attached hydrogen (secondary N) is 1. The average molecular weight is 409 g/mol. The first kappa shape index (κ1) is 20.3. The third-order valence-corrected chi connectivity index (χ3v) is 3.95. The first-order chi connectivity index (χ1) is 11.6. The molecule has 0 bridgehead atoms. The number of hydrogen-bond donors (Lipinski definition) is 1. The third kappa shape index (κ3) is 3.21. The van der Waals surface area contributed by atoms with Gasteiger partial charge in [0.2, 0.25) is 0 Å². The van der Waals surface area contributed by atoms with Gasteiger partial charge in [-0.15, -0.1) is 0 Å². The fourth-order valence-electron chi connectivity index (χ4n) is 2.25. The summed E-state index contributed by atoms with van der Waals surface area (Å²) in [6.45, 7) is 0. The Hall–Kier alpha value is -1.98. The number of benzene rings is 1. The van der Waals surface area contributed by atoms with Crippen LogP contribution in [0.4, 0.5) is 39.5 Å². The van der Waals surface area contributed by atoms with E-state index in [4.69, 9.17) is 0 Å². The van der Waals surface area contributed by atoms with Crippen LogP contribution >= 0.6 is 12.2 Å². The minimum Gasteiger partial charge on any atom is -0.464 e. The number of halogens is 9. The van der Waals surface area contributed by atoms with E-state index < -0.39 is 51.6 Å². The number of likely N-dealkylation sites (N-methyl/N-ethyl adjacent to an activating group) is 1. The molecule has 0 spiro atoms. The Morgan fingerprint density at radius 3 is 1.96 bits per heavy atom. The highest BCUT2D eigenvalue weighted by Crippen LogP contribution is 2.52. The van der Waals surface area contributed by atoms with Gasteiger partial charge in [-0.05, 0) is 24.3 Å². The van der Waals surface area contributed by atoms with E-state index in [0.29, 0.717) is 18.2 Å². The van der Waals surface area contributed by atoms with Crippen molar-refractivity contribution in [1.82, 2.24) is 5.32 Å². The fourth-order valence-corrected chi connectivity index (χ4v) is 2.42. The first-order valence-electron chi connectivity index (χ1n) is 6.63. The number of ether oxygens (including phenoxy) is 1. The number of fused-ring (bicyclic) bond motifs is 1. The van der Waals surface area contributed by atoms with E-state index >= 15 is 0 Å². The lowest BCUT2D eigenvalue weighted by Gasteiger charge is -2.39. The molecular weight excluding hydrogens is 401 g/mol. The average Bonchev–Trinajstić information content (AvgIpc) is 2.49. The molecule has 1 aromatic carbocycles. The van der Waals surface area contributed by atoms with Gasteiger partial charge in [-0.3, -0.25) is 0 Å². The highest BCUT2D eigenvalue weighted by molar-refractivity contribution is 7.81. The number of rotatable bonds is 1. The van der Waals surface area contributed by atoms with E-state index in [1.807, 2.05) is 0 Å². The third-order valence-electron chi connectivity index (χ3n) is 3.53. The van der Waals surface area contributed by atoms with Crippen LogP contribution in [0.15, 0.2) is 24.3 Å². The molecule has 26 heavy (non-hydrogen) atoms. The molecule has 0 aliphatic carbocycles. The van der Waals surface area contributed by atoms with Gasteiger partial charge in [0, 0.05) is 18.2 Å². The Morgan fingerprint density at radius 2 is 1.54 bits per heavy atom. The summed E-state index contributed by atoms with van der Waals surface area (Å²) in [5.74, 6) is -1.03. The van der Waals surface area contributed by atoms with E-state index in [1.54, 1.807) is 0 Å². The Labute approximate surface area is 145 Å². The number of hydrogen-bond acceptors (Lipinski definition) is 2. The minimum absolute atomic E-state index is 0.321. The van der Waals surface area contributed by atoms with Crippen LogP contribution in [0.25, 0.3) is 5.57 Å². The largest absolute Gasteiger partial charge is 0.464 e. The number of thiocarbonyl (C=S) groups is 1. The van der Waals surface area contributed by atoms with Gasteiger partial charge in [-0.25, -0.2) is 0 Å². The molecule has 0 amide bonds. The Bertz CT molecular complexity index is 747. The molecule has 1 heterocycles. The second-order valence-electron chi connectivity index (χ2n) is 5.18. The summed E-state index contributed by atoms with van der Waals surface area (Å²) in [5.41, 5.74) is -7.54. The zero-order chi connectivity index (χ0) is 20.1. The van der Waals surface area contributed by atoms with Crippen molar-refractivity contribution >= 4 is 22.8 Å². The molecule has 2 rings (SSSR count). The summed E-state index contributed by atoms with van der Waals surface area (Å²) in [4.78, 5) is -0.605. The number of alkyl halides is 9. The van der Waals surface area contributed by atoms with E-state index in [9.17, 15) is 39.5 Å². The highest BCUT2D eigenvalue weighted by Gasteiger charge is 2.73. The smallest absolute Gasteiger partial charge is 0.441 e. The van der Waals surface area contributed by atoms with Crippen LogP contribution in [0.2, 0.25) is 0 Å². The van der Waals surface area contributed by atoms with E-state index in [-0.39, 0.29) is 6.08 Å². The highest BCUT2D eigenvalue weighted by atomic mass is 32.1. The molecule has 0 atom stereocenters. The van der Waals surface area contributed by atoms with Crippen molar-refractivity contribution in [1.29, 1.82) is 0 Å². The van der Waals surface area contributed by atoms with Gasteiger partial charge >= 0.3 is 24.1 Å². The summed E-state index contributed by atoms with van der Waals surface area (Å²) >= 11 is 4.69. The summed E-state index contributed by atoms with van der Waals surface area (Å²) < 4.78 is 122. The van der Waals surface area contributed by atoms with E-state index in [1.165, 1.54) is 0 Å². The Kier molecular flexibility index (Phi) is 4.72. The van der Waals surface area contributed by atoms with Crippen LogP contribution in [0.1, 0.15) is 11.1 Å². The van der Waals surface area contributed by atoms with Gasteiger partial charge in [0.05, 0.1) is 5.56 Å². The maximum atomic E-state index is 13.3. The van der Waals surface area contributed by atoms with Gasteiger partial charge in [0.1, 0.15) is 10.7 Å². The van der Waals surface area contributed by atoms with Crippen LogP contribution in [0, 0.1) is 0 Å². The lowest BCUT2D eigenvalue weighted by molar-refractivity contribution is -0.338. The van der Waals surface area contributed by atoms with Crippen molar-refractivity contribution < 1.29 is 44.3 Å². The summed E-state index contributed by atoms with van der Waals surface area (Å²) in [7, 11) is 1.11. The summed E-state index contributed by atoms with van der Waals surface area (Å²) in [5, 5.41) is 2.17. The van der Waals surface area contributed by atoms with Gasteiger partial charge in [-0.1, -0.05) is 12.2 Å². The minimum atomic E-state index is -5.94. The van der Waals surface area contributed by atoms with Crippen molar-refractivity contribution in [2.45, 2.75) is 24.1 Å². The molecule has 0 saturated heterocycles. The summed E-state index contributed by atoms with van der Waals surface area (Å²) in [6, 6.07) is 1.10. The predicted octanol–water partition coefficient (Wildman–Crippen LogP) is 4.89. The van der Waals surface area contributed by atoms with Gasteiger partial charge < -0.3 is 10.1 Å². The molecule has 12 heteroatoms. The maximum Gasteiger partial charge on any atom is 0.441 e. The van der Waals surface area contributed by atoms with Crippen molar-refractivity contribution in [3.63, 3.8) is 0 Å². The van der Waals surface area contributed by atoms with Crippen LogP contribution in [0.3, 0.4) is 0 Å². The second kappa shape index (κ2) is 6.03. The Balaban J connectivity index is 2.81. The predicted molar refractivity (Wildman–Crippen MR) is 76.5 cm³/mol. The van der Waals surface area contributed by atoms with Gasteiger partial charge in [0.15, 0.2) is 0 Å². The summed E-state index contributed by atoms with van der Waals surface area (Å²) in [6.07, 6.45) is -17.1. The van der Waals surface area contributed by atoms with Crippen molar-refractivity contribution in [2.75, 3.05) is 7.05 Å². The zero-order valence-electron chi connectivity index (χ0n) is 12.5. The van der Waals surface area contributed by atoms with Crippen molar-refractivity contribution in [2.24, 2.45) is 0 Å². The van der Waals surface area contributed by atoms with Crippen molar-refractivity contribution in [3.8, 4) is 5.75 Å². The van der Waals surface area contributed by atoms with Crippen LogP contribution in [-0.4, -0.2) is 30.0 Å². The van der Waals surface area contributed by atoms with Gasteiger partial charge in [0.25, 0.3) is 0 Å². The van der Waals surface area contributed by atoms with Crippen LogP contribution in [-0.2, 0) is 6.18 Å². The topological polar surface area (TPSA) is 21.3 Å². The van der Waals surface area contributed by atoms with Crippen molar-refractivity contribution in [3.05, 3.63) is 35.4 Å². The van der Waals surface area contributed by atoms with E-state index in [0.717, 1.165) is 7.05 Å². The SMILES string of the molecule is CNC(=S)C1=CC(C(F)(F)F)(C(F)(F)F)Oc2ccc(C(F)(F)F)cc21. The molecule has 0 aromatic heterocycles. The normalized spacial score (nSPS) is 17.1. The standard InChI is InChI=1S/C14H8F9NOS/c1-24-10(26)8-5-11(13(18,19)20,14(21,22)23)25-9-3-2-6(4-7(8)9)12(15,16)17/h2-5H,1H3,(H,24,26). The lowest BCUT2D eigenvalue weighted by atomic mass is 9.90. The first-order valence-corrected chi connectivity index (χ1v) is 7.04. The second-order valence-corrected chi connectivity index (χ2v) is 5.59. The Morgan fingerprint density at radius 1 is 1.00 bits per heavy atom. The quantitative estimate of drug-likeness (QED) is 0.527. The molecule has 0 fully saturated rings. The molecule has 0 radical (unpaired) electrons. The zero-order valence-corrected chi connectivity index (χ0v) is 13.3. The molecular formula is C14H8F9NOS. The molecule has 144 valence electrons. The van der Waals surface area contributed by atoms with Gasteiger partial charge in [-0.2, -0.15) is 39.5 Å². The fraction of sp³-hybridized carbons (Fsp3) is 0.357. The molecule has 1 aliphatic heterocycles. The molecule has 1 N–H and O–H groups in total. The molecule has 0 unspecified atom stereocenters. The monoisotopic (exact) mass is 409 g/mol. The van der Waals surface area contributed by atoms with Crippen LogP contribution in [0.5, 0.6) is 5.75 Å². The lowest BCUT2D eigenvalue weighted by Crippen LogP contribution is -2.61. The molecule has 0 saturated carbocycles. The molecule has 2 nitrogen and oxygen atoms in total.